The van der Waals surface area contributed by atoms with Crippen LogP contribution in [0, 0.1) is 28.6 Å². The van der Waals surface area contributed by atoms with E-state index in [9.17, 15) is 9.90 Å². The van der Waals surface area contributed by atoms with E-state index in [1.165, 1.54) is 51.4 Å². The van der Waals surface area contributed by atoms with Crippen LogP contribution in [0.4, 0.5) is 4.79 Å². The SMILES string of the molecule is CCCCCCCCCCOC(=O)OC1=C2O[C@H]3C(C)(C)CC[C@@]4(O)C5CC(C=C1)C2[C@@]34CCN5CC1CC1. The van der Waals surface area contributed by atoms with Crippen molar-refractivity contribution in [1.29, 1.82) is 0 Å². The van der Waals surface area contributed by atoms with Crippen molar-refractivity contribution in [3.05, 3.63) is 23.7 Å². The van der Waals surface area contributed by atoms with Crippen LogP contribution in [0.3, 0.4) is 0 Å². The second-order valence-electron chi connectivity index (χ2n) is 14.3. The number of hydrogen-bond donors (Lipinski definition) is 1. The molecule has 2 bridgehead atoms. The van der Waals surface area contributed by atoms with Crippen LogP contribution < -0.4 is 0 Å². The first-order valence-electron chi connectivity index (χ1n) is 16.2. The maximum absolute atomic E-state index is 12.7. The molecule has 2 saturated heterocycles. The van der Waals surface area contributed by atoms with Gasteiger partial charge in [0.2, 0.25) is 0 Å². The molecule has 0 aromatic rings. The van der Waals surface area contributed by atoms with Gasteiger partial charge in [-0.25, -0.2) is 4.79 Å². The Balaban J connectivity index is 1.14. The number of rotatable bonds is 12. The van der Waals surface area contributed by atoms with Crippen molar-refractivity contribution in [3.8, 4) is 0 Å². The number of nitrogens with zero attached hydrogens (tertiary/aromatic N) is 1. The van der Waals surface area contributed by atoms with Crippen molar-refractivity contribution in [2.75, 3.05) is 19.7 Å². The van der Waals surface area contributed by atoms with E-state index in [1.54, 1.807) is 0 Å². The summed E-state index contributed by atoms with van der Waals surface area (Å²) in [6, 6.07) is 0.179. The van der Waals surface area contributed by atoms with Crippen LogP contribution >= 0.6 is 0 Å². The molecule has 6 atom stereocenters. The topological polar surface area (TPSA) is 68.2 Å². The third-order valence-corrected chi connectivity index (χ3v) is 11.3. The molecule has 3 saturated carbocycles. The molecule has 6 heteroatoms. The maximum Gasteiger partial charge on any atom is 0.513 e. The molecule has 0 aromatic carbocycles. The van der Waals surface area contributed by atoms with E-state index in [0.717, 1.165) is 63.3 Å². The molecule has 1 spiro atoms. The highest BCUT2D eigenvalue weighted by atomic mass is 16.7. The lowest BCUT2D eigenvalue weighted by Crippen LogP contribution is -2.77. The third kappa shape index (κ3) is 4.75. The van der Waals surface area contributed by atoms with Crippen LogP contribution in [0.25, 0.3) is 0 Å². The number of unbranched alkanes of at least 4 members (excludes halogenated alkanes) is 7. The molecule has 0 aromatic heterocycles. The van der Waals surface area contributed by atoms with Gasteiger partial charge in [0.25, 0.3) is 0 Å². The Kier molecular flexibility index (Phi) is 7.58. The minimum atomic E-state index is -0.767. The van der Waals surface area contributed by atoms with Gasteiger partial charge in [-0.15, -0.1) is 0 Å². The van der Waals surface area contributed by atoms with E-state index in [2.05, 4.69) is 31.7 Å². The molecule has 0 radical (unpaired) electrons. The summed E-state index contributed by atoms with van der Waals surface area (Å²) in [5, 5.41) is 12.6. The Morgan fingerprint density at radius 3 is 2.56 bits per heavy atom. The van der Waals surface area contributed by atoms with Gasteiger partial charge in [-0.1, -0.05) is 71.8 Å². The first-order valence-corrected chi connectivity index (χ1v) is 16.2. The van der Waals surface area contributed by atoms with Crippen LogP contribution in [-0.2, 0) is 14.2 Å². The molecule has 6 rings (SSSR count). The lowest BCUT2D eigenvalue weighted by atomic mass is 9.41. The van der Waals surface area contributed by atoms with Gasteiger partial charge in [-0.2, -0.15) is 0 Å². The van der Waals surface area contributed by atoms with Crippen LogP contribution in [0.1, 0.15) is 111 Å². The van der Waals surface area contributed by atoms with E-state index in [-0.39, 0.29) is 28.9 Å². The van der Waals surface area contributed by atoms with Crippen molar-refractivity contribution in [2.24, 2.45) is 28.6 Å². The predicted molar refractivity (Wildman–Crippen MR) is 151 cm³/mol. The Morgan fingerprint density at radius 2 is 1.82 bits per heavy atom. The fourth-order valence-electron chi connectivity index (χ4n) is 9.15. The Labute approximate surface area is 235 Å². The van der Waals surface area contributed by atoms with Crippen LogP contribution in [-0.4, -0.2) is 53.6 Å². The molecule has 1 N–H and O–H groups in total. The molecule has 5 fully saturated rings. The summed E-state index contributed by atoms with van der Waals surface area (Å²) in [4.78, 5) is 15.3. The first kappa shape index (κ1) is 27.6. The van der Waals surface area contributed by atoms with Gasteiger partial charge in [-0.3, -0.25) is 4.90 Å². The highest BCUT2D eigenvalue weighted by Crippen LogP contribution is 2.72. The molecule has 3 unspecified atom stereocenters. The minimum absolute atomic E-state index is 0.0518. The van der Waals surface area contributed by atoms with Crippen LogP contribution in [0.2, 0.25) is 0 Å². The van der Waals surface area contributed by atoms with Gasteiger partial charge in [0.15, 0.2) is 5.76 Å². The maximum atomic E-state index is 12.7. The zero-order valence-electron chi connectivity index (χ0n) is 24.6. The average Bonchev–Trinajstić information content (AvgIpc) is 3.64. The standard InChI is InChI=1S/C33H51NO5/c1-4-5-6-7-8-9-10-11-20-37-30(35)38-25-15-14-24-21-26-33(36)17-16-31(2,3)29-32(33,27(24)28(25)39-29)18-19-34(26)22-23-12-13-23/h14-15,23-24,26-27,29,36H,4-13,16-22H2,1-3H3/t24?,26?,27?,29-,32-,33+/m0/s1. The smallest absolute Gasteiger partial charge is 0.489 e. The number of aliphatic hydroxyl groups is 1. The normalized spacial score (nSPS) is 37.8. The van der Waals surface area contributed by atoms with Crippen LogP contribution in [0.15, 0.2) is 23.7 Å². The summed E-state index contributed by atoms with van der Waals surface area (Å²) in [5.41, 5.74) is -1.15. The Hall–Kier alpha value is -1.53. The number of hydrogen-bond acceptors (Lipinski definition) is 6. The van der Waals surface area contributed by atoms with Gasteiger partial charge < -0.3 is 19.3 Å². The molecule has 218 valence electrons. The van der Waals surface area contributed by atoms with E-state index in [0.29, 0.717) is 18.3 Å². The number of allylic oxidation sites excluding steroid dienone is 3. The second-order valence-corrected chi connectivity index (χ2v) is 14.3. The van der Waals surface area contributed by atoms with Gasteiger partial charge in [0, 0.05) is 29.3 Å². The minimum Gasteiger partial charge on any atom is -0.489 e. The molecule has 6 nitrogen and oxygen atoms in total. The monoisotopic (exact) mass is 541 g/mol. The average molecular weight is 542 g/mol. The fraction of sp³-hybridized carbons (Fsp3) is 0.848. The summed E-state index contributed by atoms with van der Waals surface area (Å²) in [5.74, 6) is 2.46. The highest BCUT2D eigenvalue weighted by Gasteiger charge is 2.78. The zero-order valence-corrected chi connectivity index (χ0v) is 24.6. The number of carbonyl (C=O) groups excluding carboxylic acids is 1. The molecule has 4 aliphatic carbocycles. The summed E-state index contributed by atoms with van der Waals surface area (Å²) in [6.45, 7) is 9.38. The molecular weight excluding hydrogens is 490 g/mol. The summed E-state index contributed by atoms with van der Waals surface area (Å²) >= 11 is 0. The lowest BCUT2D eigenvalue weighted by molar-refractivity contribution is -0.271. The van der Waals surface area contributed by atoms with Crippen molar-refractivity contribution >= 4 is 6.16 Å². The second kappa shape index (κ2) is 10.7. The molecular formula is C33H51NO5. The number of carbonyl (C=O) groups is 1. The van der Waals surface area contributed by atoms with Crippen molar-refractivity contribution < 1.29 is 24.1 Å². The molecule has 2 aliphatic heterocycles. The third-order valence-electron chi connectivity index (χ3n) is 11.3. The zero-order chi connectivity index (χ0) is 27.3. The van der Waals surface area contributed by atoms with Gasteiger partial charge in [-0.05, 0) is 69.4 Å². The summed E-state index contributed by atoms with van der Waals surface area (Å²) in [7, 11) is 0. The molecule has 0 amide bonds. The van der Waals surface area contributed by atoms with Crippen molar-refractivity contribution in [3.63, 3.8) is 0 Å². The van der Waals surface area contributed by atoms with E-state index in [1.807, 2.05) is 6.08 Å². The van der Waals surface area contributed by atoms with Gasteiger partial charge in [0.1, 0.15) is 11.9 Å². The van der Waals surface area contributed by atoms with Gasteiger partial charge in [0.05, 0.1) is 12.2 Å². The van der Waals surface area contributed by atoms with Crippen LogP contribution in [0.5, 0.6) is 0 Å². The molecule has 39 heavy (non-hydrogen) atoms. The number of piperidine rings is 1. The summed E-state index contributed by atoms with van der Waals surface area (Å²) < 4.78 is 18.2. The van der Waals surface area contributed by atoms with Crippen molar-refractivity contribution in [1.82, 2.24) is 4.90 Å². The molecule has 2 heterocycles. The summed E-state index contributed by atoms with van der Waals surface area (Å²) in [6.07, 6.45) is 19.4. The first-order chi connectivity index (χ1) is 18.8. The number of likely N-dealkylation sites (tertiary alicyclic amines) is 1. The van der Waals surface area contributed by atoms with Crippen molar-refractivity contribution in [2.45, 2.75) is 128 Å². The number of ether oxygens (including phenoxy) is 3. The predicted octanol–water partition coefficient (Wildman–Crippen LogP) is 7.12. The largest absolute Gasteiger partial charge is 0.513 e. The Bertz CT molecular complexity index is 985. The van der Waals surface area contributed by atoms with E-state index in [4.69, 9.17) is 14.2 Å². The molecule has 6 aliphatic rings. The van der Waals surface area contributed by atoms with E-state index < -0.39 is 11.8 Å². The highest BCUT2D eigenvalue weighted by molar-refractivity contribution is 5.62. The van der Waals surface area contributed by atoms with E-state index >= 15 is 0 Å². The Morgan fingerprint density at radius 1 is 1.08 bits per heavy atom. The lowest BCUT2D eigenvalue weighted by Gasteiger charge is -2.68. The van der Waals surface area contributed by atoms with Gasteiger partial charge >= 0.3 is 6.16 Å². The fourth-order valence-corrected chi connectivity index (χ4v) is 9.15. The quantitative estimate of drug-likeness (QED) is 0.210.